The fourth-order valence-electron chi connectivity index (χ4n) is 4.23. The number of rotatable bonds is 11. The van der Waals surface area contributed by atoms with Gasteiger partial charge in [0.2, 0.25) is 0 Å². The number of benzene rings is 2. The average Bonchev–Trinajstić information content (AvgIpc) is 2.69. The predicted molar refractivity (Wildman–Crippen MR) is 121 cm³/mol. The van der Waals surface area contributed by atoms with E-state index in [-0.39, 0.29) is 5.92 Å². The van der Waals surface area contributed by atoms with E-state index in [2.05, 4.69) is 61.7 Å². The van der Waals surface area contributed by atoms with Crippen LogP contribution in [0.1, 0.15) is 48.8 Å². The fourth-order valence-corrected chi connectivity index (χ4v) is 4.23. The summed E-state index contributed by atoms with van der Waals surface area (Å²) in [7, 11) is 2.12. The van der Waals surface area contributed by atoms with Crippen LogP contribution in [0.25, 0.3) is 0 Å². The lowest BCUT2D eigenvalue weighted by atomic mass is 9.66. The number of carboxylic acids is 1. The number of carbonyl (C=O) groups is 1. The van der Waals surface area contributed by atoms with Gasteiger partial charge in [-0.3, -0.25) is 4.79 Å². The number of nitrogens with one attached hydrogen (secondary N) is 1. The quantitative estimate of drug-likeness (QED) is 0.406. The minimum Gasteiger partial charge on any atom is -0.480 e. The van der Waals surface area contributed by atoms with Gasteiger partial charge in [0.05, 0.1) is 0 Å². The Morgan fingerprint density at radius 2 is 1.66 bits per heavy atom. The molecule has 29 heavy (non-hydrogen) atoms. The Bertz CT molecular complexity index is 775. The predicted octanol–water partition coefficient (Wildman–Crippen LogP) is 3.15. The van der Waals surface area contributed by atoms with E-state index in [1.165, 1.54) is 16.7 Å². The van der Waals surface area contributed by atoms with Crippen molar-refractivity contribution in [2.45, 2.75) is 63.0 Å². The van der Waals surface area contributed by atoms with Gasteiger partial charge in [-0.25, -0.2) is 0 Å². The maximum Gasteiger partial charge on any atom is 0.323 e. The molecule has 1 aliphatic rings. The summed E-state index contributed by atoms with van der Waals surface area (Å²) in [6.07, 6.45) is 6.24. The van der Waals surface area contributed by atoms with Gasteiger partial charge in [-0.05, 0) is 48.3 Å². The molecule has 4 nitrogen and oxygen atoms in total. The lowest BCUT2D eigenvalue weighted by Crippen LogP contribution is -2.60. The molecule has 0 spiro atoms. The molecule has 3 rings (SSSR count). The number of unbranched alkanes of at least 4 members (excludes halogenated alkanes) is 1. The Balaban J connectivity index is 1.44. The van der Waals surface area contributed by atoms with Crippen molar-refractivity contribution in [2.75, 3.05) is 0 Å². The van der Waals surface area contributed by atoms with E-state index in [1.807, 2.05) is 6.07 Å². The van der Waals surface area contributed by atoms with Crippen molar-refractivity contribution in [3.63, 3.8) is 0 Å². The van der Waals surface area contributed by atoms with Crippen molar-refractivity contribution >= 4 is 13.8 Å². The zero-order valence-electron chi connectivity index (χ0n) is 17.4. The topological polar surface area (TPSA) is 75.4 Å². The fraction of sp³-hybridized carbons (Fsp3) is 0.458. The molecule has 5 heteroatoms. The smallest absolute Gasteiger partial charge is 0.323 e. The zero-order chi connectivity index (χ0) is 20.7. The highest BCUT2D eigenvalue weighted by Gasteiger charge is 2.47. The Hall–Kier alpha value is -2.11. The molecule has 0 aromatic heterocycles. The first-order chi connectivity index (χ1) is 14.0. The summed E-state index contributed by atoms with van der Waals surface area (Å²) in [6, 6.07) is 19.6. The van der Waals surface area contributed by atoms with Gasteiger partial charge in [0.25, 0.3) is 0 Å². The molecule has 1 saturated carbocycles. The minimum atomic E-state index is -1.06. The van der Waals surface area contributed by atoms with Gasteiger partial charge in [0, 0.05) is 12.6 Å². The van der Waals surface area contributed by atoms with Crippen LogP contribution in [-0.4, -0.2) is 30.5 Å². The van der Waals surface area contributed by atoms with Crippen LogP contribution < -0.4 is 11.1 Å². The zero-order valence-corrected chi connectivity index (χ0v) is 17.4. The van der Waals surface area contributed by atoms with Crippen LogP contribution >= 0.6 is 0 Å². The molecule has 0 radical (unpaired) electrons. The Morgan fingerprint density at radius 3 is 2.28 bits per heavy atom. The summed E-state index contributed by atoms with van der Waals surface area (Å²) in [6.45, 7) is 0.809. The maximum absolute atomic E-state index is 11.8. The molecule has 1 unspecified atom stereocenters. The summed E-state index contributed by atoms with van der Waals surface area (Å²) in [5.41, 5.74) is 9.13. The van der Waals surface area contributed by atoms with E-state index in [4.69, 9.17) is 5.73 Å². The lowest BCUT2D eigenvalue weighted by molar-refractivity contribution is -0.148. The maximum atomic E-state index is 11.8. The third-order valence-corrected chi connectivity index (χ3v) is 6.33. The van der Waals surface area contributed by atoms with E-state index >= 15 is 0 Å². The highest BCUT2D eigenvalue weighted by Crippen LogP contribution is 2.38. The molecular formula is C24H33BN2O2. The van der Waals surface area contributed by atoms with E-state index in [0.717, 1.165) is 45.0 Å². The van der Waals surface area contributed by atoms with Gasteiger partial charge in [0.15, 0.2) is 0 Å². The average molecular weight is 392 g/mol. The second-order valence-electron chi connectivity index (χ2n) is 8.53. The van der Waals surface area contributed by atoms with E-state index in [9.17, 15) is 9.90 Å². The van der Waals surface area contributed by atoms with Crippen molar-refractivity contribution in [1.82, 2.24) is 5.32 Å². The lowest BCUT2D eigenvalue weighted by Gasteiger charge is -2.45. The molecule has 2 aromatic rings. The molecular weight excluding hydrogens is 359 g/mol. The molecule has 4 N–H and O–H groups in total. The van der Waals surface area contributed by atoms with Crippen molar-refractivity contribution in [3.8, 4) is 0 Å². The third-order valence-electron chi connectivity index (χ3n) is 6.33. The molecule has 0 aliphatic heterocycles. The number of nitrogens with two attached hydrogens (primary N) is 1. The summed E-state index contributed by atoms with van der Waals surface area (Å²) < 4.78 is 0. The molecule has 0 amide bonds. The van der Waals surface area contributed by atoms with Crippen LogP contribution in [0, 0.1) is 5.92 Å². The van der Waals surface area contributed by atoms with Crippen LogP contribution in [0.3, 0.4) is 0 Å². The summed E-state index contributed by atoms with van der Waals surface area (Å²) >= 11 is 0. The van der Waals surface area contributed by atoms with E-state index in [1.54, 1.807) is 0 Å². The van der Waals surface area contributed by atoms with E-state index in [0.29, 0.717) is 12.5 Å². The Kier molecular flexibility index (Phi) is 7.51. The van der Waals surface area contributed by atoms with Crippen molar-refractivity contribution in [3.05, 3.63) is 71.3 Å². The first-order valence-electron chi connectivity index (χ1n) is 10.9. The number of aliphatic carboxylic acids is 1. The van der Waals surface area contributed by atoms with Crippen LogP contribution in [0.2, 0.25) is 6.32 Å². The molecule has 1 atom stereocenters. The van der Waals surface area contributed by atoms with Gasteiger partial charge in [-0.2, -0.15) is 0 Å². The largest absolute Gasteiger partial charge is 0.480 e. The highest BCUT2D eigenvalue weighted by atomic mass is 16.4. The van der Waals surface area contributed by atoms with Gasteiger partial charge in [-0.15, -0.1) is 0 Å². The van der Waals surface area contributed by atoms with Crippen molar-refractivity contribution in [1.29, 1.82) is 0 Å². The second-order valence-corrected chi connectivity index (χ2v) is 8.53. The molecule has 1 fully saturated rings. The minimum absolute atomic E-state index is 0.0719. The number of hydrogen-bond donors (Lipinski definition) is 3. The highest BCUT2D eigenvalue weighted by molar-refractivity contribution is 6.08. The van der Waals surface area contributed by atoms with Gasteiger partial charge in [-0.1, -0.05) is 73.8 Å². The van der Waals surface area contributed by atoms with Crippen LogP contribution in [0.4, 0.5) is 0 Å². The van der Waals surface area contributed by atoms with Crippen LogP contribution in [0.15, 0.2) is 54.6 Å². The second kappa shape index (κ2) is 10.1. The van der Waals surface area contributed by atoms with Crippen molar-refractivity contribution < 1.29 is 9.90 Å². The van der Waals surface area contributed by atoms with Crippen LogP contribution in [-0.2, 0) is 17.8 Å². The van der Waals surface area contributed by atoms with E-state index < -0.39 is 11.5 Å². The van der Waals surface area contributed by atoms with Gasteiger partial charge < -0.3 is 16.2 Å². The Morgan fingerprint density at radius 1 is 1.03 bits per heavy atom. The molecule has 1 aliphatic carbocycles. The molecule has 2 aromatic carbocycles. The normalized spacial score (nSPS) is 20.6. The molecule has 0 saturated heterocycles. The number of hydrogen-bond acceptors (Lipinski definition) is 3. The third kappa shape index (κ3) is 5.71. The SMILES string of the molecule is BCCCCC(N)(C(=O)O)[C@H]1C[C@@H](NCc2ccc(Cc3ccccc3)cc2)C1. The number of carboxylic acid groups (broad SMARTS) is 1. The Labute approximate surface area is 175 Å². The first kappa shape index (κ1) is 21.6. The standard InChI is InChI=1S/C24H33BN2O2/c25-13-5-4-12-24(26,23(28)29)21-15-22(16-21)27-17-20-10-8-19(9-11-20)14-18-6-2-1-3-7-18/h1-3,6-11,21-22,27H,4-5,12-17,25-26H2,(H,28,29)/t21-,22+,24?. The summed E-state index contributed by atoms with van der Waals surface area (Å²) in [5, 5.41) is 13.2. The molecule has 0 heterocycles. The molecule has 154 valence electrons. The summed E-state index contributed by atoms with van der Waals surface area (Å²) in [5.74, 6) is -0.770. The van der Waals surface area contributed by atoms with Crippen molar-refractivity contribution in [2.24, 2.45) is 11.7 Å². The summed E-state index contributed by atoms with van der Waals surface area (Å²) in [4.78, 5) is 11.8. The first-order valence-corrected chi connectivity index (χ1v) is 10.9. The van der Waals surface area contributed by atoms with Gasteiger partial charge in [0.1, 0.15) is 13.4 Å². The molecule has 0 bridgehead atoms. The monoisotopic (exact) mass is 392 g/mol. The van der Waals surface area contributed by atoms with Gasteiger partial charge >= 0.3 is 5.97 Å². The van der Waals surface area contributed by atoms with Crippen LogP contribution in [0.5, 0.6) is 0 Å².